The summed E-state index contributed by atoms with van der Waals surface area (Å²) in [6.45, 7) is 1.56. The lowest BCUT2D eigenvalue weighted by Crippen LogP contribution is -2.18. The number of thioether (sulfide) groups is 1. The third-order valence-electron chi connectivity index (χ3n) is 3.92. The van der Waals surface area contributed by atoms with Crippen LogP contribution < -0.4 is 20.1 Å². The maximum absolute atomic E-state index is 12.3. The van der Waals surface area contributed by atoms with Crippen molar-refractivity contribution in [2.24, 2.45) is 0 Å². The molecule has 2 N–H and O–H groups in total. The molecule has 1 aliphatic rings. The zero-order chi connectivity index (χ0) is 19.1. The Balaban J connectivity index is 1.48. The molecule has 1 amide bonds. The summed E-state index contributed by atoms with van der Waals surface area (Å²) in [7, 11) is 3.13. The van der Waals surface area contributed by atoms with Gasteiger partial charge in [-0.2, -0.15) is 0 Å². The van der Waals surface area contributed by atoms with Gasteiger partial charge in [0.15, 0.2) is 4.34 Å². The molecule has 2 aromatic rings. The largest absolute Gasteiger partial charge is 0.497 e. The van der Waals surface area contributed by atoms with E-state index in [9.17, 15) is 4.79 Å². The highest BCUT2D eigenvalue weighted by Crippen LogP contribution is 2.30. The molecule has 146 valence electrons. The number of nitrogens with zero attached hydrogens (tertiary/aromatic N) is 2. The van der Waals surface area contributed by atoms with Crippen molar-refractivity contribution in [1.29, 1.82) is 0 Å². The SMILES string of the molecule is COc1ccc(OC)c(NC(=O)CSc2nnc(NC[C@H]3CCCO3)s2)c1. The summed E-state index contributed by atoms with van der Waals surface area (Å²) in [6.07, 6.45) is 2.42. The number of methoxy groups -OCH3 is 2. The van der Waals surface area contributed by atoms with Crippen molar-refractivity contribution in [3.8, 4) is 11.5 Å². The van der Waals surface area contributed by atoms with Gasteiger partial charge in [0, 0.05) is 19.2 Å². The number of hydrogen-bond donors (Lipinski definition) is 2. The van der Waals surface area contributed by atoms with Crippen molar-refractivity contribution < 1.29 is 19.0 Å². The average molecular weight is 411 g/mol. The van der Waals surface area contributed by atoms with Crippen LogP contribution in [0.2, 0.25) is 0 Å². The first-order valence-corrected chi connectivity index (χ1v) is 10.3. The summed E-state index contributed by atoms with van der Waals surface area (Å²) in [6, 6.07) is 5.24. The third kappa shape index (κ3) is 5.72. The smallest absolute Gasteiger partial charge is 0.234 e. The van der Waals surface area contributed by atoms with Gasteiger partial charge in [0.1, 0.15) is 11.5 Å². The van der Waals surface area contributed by atoms with Crippen molar-refractivity contribution in [2.45, 2.75) is 23.3 Å². The van der Waals surface area contributed by atoms with Crippen LogP contribution in [0.1, 0.15) is 12.8 Å². The molecule has 0 radical (unpaired) electrons. The molecule has 1 aliphatic heterocycles. The van der Waals surface area contributed by atoms with E-state index in [-0.39, 0.29) is 17.8 Å². The Labute approximate surface area is 166 Å². The fourth-order valence-electron chi connectivity index (χ4n) is 2.57. The number of ether oxygens (including phenoxy) is 3. The fourth-order valence-corrected chi connectivity index (χ4v) is 4.13. The number of rotatable bonds is 9. The summed E-state index contributed by atoms with van der Waals surface area (Å²) in [5, 5.41) is 15.0. The Bertz CT molecular complexity index is 765. The van der Waals surface area contributed by atoms with Gasteiger partial charge in [0.05, 0.1) is 31.8 Å². The van der Waals surface area contributed by atoms with Crippen molar-refractivity contribution in [1.82, 2.24) is 10.2 Å². The van der Waals surface area contributed by atoms with Crippen LogP contribution in [-0.2, 0) is 9.53 Å². The number of amides is 1. The molecular weight excluding hydrogens is 388 g/mol. The Kier molecular flexibility index (Phi) is 7.13. The van der Waals surface area contributed by atoms with Crippen LogP contribution in [0.25, 0.3) is 0 Å². The van der Waals surface area contributed by atoms with Gasteiger partial charge in [-0.25, -0.2) is 0 Å². The van der Waals surface area contributed by atoms with Gasteiger partial charge in [-0.15, -0.1) is 10.2 Å². The standard InChI is InChI=1S/C17H22N4O4S2/c1-23-11-5-6-14(24-2)13(8-11)19-15(22)10-26-17-21-20-16(27-17)18-9-12-4-3-7-25-12/h5-6,8,12H,3-4,7,9-10H2,1-2H3,(H,18,20)(H,19,22)/t12-/m1/s1. The van der Waals surface area contributed by atoms with E-state index >= 15 is 0 Å². The summed E-state index contributed by atoms with van der Waals surface area (Å²) < 4.78 is 16.8. The number of carbonyl (C=O) groups is 1. The summed E-state index contributed by atoms with van der Waals surface area (Å²) in [5.41, 5.74) is 0.568. The van der Waals surface area contributed by atoms with Crippen LogP contribution in [0.15, 0.2) is 22.5 Å². The van der Waals surface area contributed by atoms with E-state index in [1.54, 1.807) is 32.4 Å². The van der Waals surface area contributed by atoms with Crippen LogP contribution in [0.4, 0.5) is 10.8 Å². The normalized spacial score (nSPS) is 16.1. The molecule has 8 nitrogen and oxygen atoms in total. The van der Waals surface area contributed by atoms with Gasteiger partial charge in [-0.05, 0) is 25.0 Å². The molecule has 10 heteroatoms. The number of carbonyl (C=O) groups excluding carboxylic acids is 1. The number of aromatic nitrogens is 2. The van der Waals surface area contributed by atoms with E-state index in [1.807, 2.05) is 0 Å². The number of hydrogen-bond acceptors (Lipinski definition) is 9. The molecule has 1 atom stereocenters. The van der Waals surface area contributed by atoms with Gasteiger partial charge in [-0.3, -0.25) is 4.79 Å². The molecule has 27 heavy (non-hydrogen) atoms. The maximum Gasteiger partial charge on any atom is 0.234 e. The molecule has 0 unspecified atom stereocenters. The fraction of sp³-hybridized carbons (Fsp3) is 0.471. The van der Waals surface area contributed by atoms with Gasteiger partial charge in [-0.1, -0.05) is 23.1 Å². The summed E-state index contributed by atoms with van der Waals surface area (Å²) in [4.78, 5) is 12.3. The van der Waals surface area contributed by atoms with Gasteiger partial charge >= 0.3 is 0 Å². The van der Waals surface area contributed by atoms with Crippen LogP contribution >= 0.6 is 23.1 Å². The molecule has 1 saturated heterocycles. The highest BCUT2D eigenvalue weighted by Gasteiger charge is 2.16. The molecule has 0 saturated carbocycles. The second kappa shape index (κ2) is 9.77. The molecule has 0 bridgehead atoms. The minimum Gasteiger partial charge on any atom is -0.497 e. The second-order valence-electron chi connectivity index (χ2n) is 5.79. The lowest BCUT2D eigenvalue weighted by molar-refractivity contribution is -0.113. The minimum absolute atomic E-state index is 0.157. The number of anilines is 2. The predicted octanol–water partition coefficient (Wildman–Crippen LogP) is 2.88. The van der Waals surface area contributed by atoms with E-state index in [2.05, 4.69) is 20.8 Å². The maximum atomic E-state index is 12.3. The van der Waals surface area contributed by atoms with Crippen LogP contribution in [-0.4, -0.2) is 55.3 Å². The van der Waals surface area contributed by atoms with Crippen LogP contribution in [0.3, 0.4) is 0 Å². The van der Waals surface area contributed by atoms with E-state index in [0.717, 1.165) is 35.5 Å². The highest BCUT2D eigenvalue weighted by atomic mass is 32.2. The summed E-state index contributed by atoms with van der Waals surface area (Å²) >= 11 is 2.77. The average Bonchev–Trinajstić information content (AvgIpc) is 3.36. The molecule has 3 rings (SSSR count). The van der Waals surface area contributed by atoms with Crippen molar-refractivity contribution in [3.05, 3.63) is 18.2 Å². The Morgan fingerprint density at radius 2 is 2.26 bits per heavy atom. The number of benzene rings is 1. The van der Waals surface area contributed by atoms with Crippen molar-refractivity contribution in [3.63, 3.8) is 0 Å². The van der Waals surface area contributed by atoms with E-state index in [4.69, 9.17) is 14.2 Å². The lowest BCUT2D eigenvalue weighted by atomic mass is 10.2. The molecule has 1 aromatic heterocycles. The molecule has 0 spiro atoms. The van der Waals surface area contributed by atoms with Gasteiger partial charge < -0.3 is 24.8 Å². The summed E-state index contributed by atoms with van der Waals surface area (Å²) in [5.74, 6) is 1.28. The Hall–Kier alpha value is -2.04. The van der Waals surface area contributed by atoms with E-state index in [1.165, 1.54) is 23.1 Å². The minimum atomic E-state index is -0.157. The Morgan fingerprint density at radius 1 is 1.37 bits per heavy atom. The van der Waals surface area contributed by atoms with Crippen LogP contribution in [0, 0.1) is 0 Å². The first-order valence-electron chi connectivity index (χ1n) is 8.51. The first kappa shape index (κ1) is 19.7. The van der Waals surface area contributed by atoms with E-state index < -0.39 is 0 Å². The molecule has 1 fully saturated rings. The molecule has 0 aliphatic carbocycles. The van der Waals surface area contributed by atoms with E-state index in [0.29, 0.717) is 17.2 Å². The molecular formula is C17H22N4O4S2. The predicted molar refractivity (Wildman–Crippen MR) is 106 cm³/mol. The molecule has 1 aromatic carbocycles. The molecule has 2 heterocycles. The lowest BCUT2D eigenvalue weighted by Gasteiger charge is -2.11. The van der Waals surface area contributed by atoms with Crippen molar-refractivity contribution in [2.75, 3.05) is 43.8 Å². The zero-order valence-electron chi connectivity index (χ0n) is 15.2. The topological polar surface area (TPSA) is 94.6 Å². The number of nitrogens with one attached hydrogen (secondary N) is 2. The third-order valence-corrected chi connectivity index (χ3v) is 5.93. The van der Waals surface area contributed by atoms with Gasteiger partial charge in [0.2, 0.25) is 11.0 Å². The first-order chi connectivity index (χ1) is 13.2. The Morgan fingerprint density at radius 3 is 3.00 bits per heavy atom. The quantitative estimate of drug-likeness (QED) is 0.610. The monoisotopic (exact) mass is 410 g/mol. The second-order valence-corrected chi connectivity index (χ2v) is 7.99. The van der Waals surface area contributed by atoms with Gasteiger partial charge in [0.25, 0.3) is 0 Å². The van der Waals surface area contributed by atoms with Crippen molar-refractivity contribution >= 4 is 39.8 Å². The van der Waals surface area contributed by atoms with Crippen LogP contribution in [0.5, 0.6) is 11.5 Å². The zero-order valence-corrected chi connectivity index (χ0v) is 16.8. The highest BCUT2D eigenvalue weighted by molar-refractivity contribution is 8.01.